The van der Waals surface area contributed by atoms with Gasteiger partial charge >= 0.3 is 0 Å². The van der Waals surface area contributed by atoms with Crippen LogP contribution in [0.2, 0.25) is 5.02 Å². The van der Waals surface area contributed by atoms with Gasteiger partial charge in [0.05, 0.1) is 23.9 Å². The van der Waals surface area contributed by atoms with Gasteiger partial charge in [-0.2, -0.15) is 0 Å². The van der Waals surface area contributed by atoms with Gasteiger partial charge in [-0.15, -0.1) is 0 Å². The third kappa shape index (κ3) is 5.16. The van der Waals surface area contributed by atoms with E-state index in [1.54, 1.807) is 18.3 Å². The first-order valence-corrected chi connectivity index (χ1v) is 8.66. The van der Waals surface area contributed by atoms with Crippen LogP contribution in [0.25, 0.3) is 0 Å². The van der Waals surface area contributed by atoms with E-state index in [0.717, 1.165) is 44.2 Å². The summed E-state index contributed by atoms with van der Waals surface area (Å²) in [4.78, 5) is 18.7. The smallest absolute Gasteiger partial charge is 0.269 e. The number of para-hydroxylation sites is 1. The molecular weight excluding hydrogens is 340 g/mol. The lowest BCUT2D eigenvalue weighted by Crippen LogP contribution is -2.41. The molecule has 1 saturated heterocycles. The number of carbonyl (C=O) groups excluding carboxylic acids is 1. The van der Waals surface area contributed by atoms with Crippen LogP contribution in [0.5, 0.6) is 0 Å². The number of morpholine rings is 1. The predicted octanol–water partition coefficient (Wildman–Crippen LogP) is 2.54. The van der Waals surface area contributed by atoms with Gasteiger partial charge in [0.15, 0.2) is 0 Å². The van der Waals surface area contributed by atoms with E-state index in [2.05, 4.69) is 20.5 Å². The number of nitrogens with one attached hydrogen (secondary N) is 2. The number of benzene rings is 1. The molecule has 2 heterocycles. The molecule has 0 radical (unpaired) electrons. The summed E-state index contributed by atoms with van der Waals surface area (Å²) in [6, 6.07) is 11.0. The molecule has 0 bridgehead atoms. The number of halogens is 1. The highest BCUT2D eigenvalue weighted by molar-refractivity contribution is 6.33. The Morgan fingerprint density at radius 3 is 2.84 bits per heavy atom. The summed E-state index contributed by atoms with van der Waals surface area (Å²) >= 11 is 6.15. The van der Waals surface area contributed by atoms with Crippen LogP contribution >= 0.6 is 11.6 Å². The van der Waals surface area contributed by atoms with E-state index in [1.165, 1.54) is 0 Å². The van der Waals surface area contributed by atoms with Crippen molar-refractivity contribution in [3.05, 3.63) is 53.3 Å². The molecule has 132 valence electrons. The molecule has 0 atom stereocenters. The Morgan fingerprint density at radius 1 is 1.24 bits per heavy atom. The maximum atomic E-state index is 12.3. The van der Waals surface area contributed by atoms with Gasteiger partial charge in [-0.3, -0.25) is 14.7 Å². The molecule has 3 rings (SSSR count). The summed E-state index contributed by atoms with van der Waals surface area (Å²) in [6.45, 7) is 4.72. The zero-order valence-electron chi connectivity index (χ0n) is 13.9. The van der Waals surface area contributed by atoms with Crippen molar-refractivity contribution < 1.29 is 9.53 Å². The van der Waals surface area contributed by atoms with Crippen LogP contribution in [0.15, 0.2) is 42.6 Å². The van der Waals surface area contributed by atoms with Crippen molar-refractivity contribution in [3.8, 4) is 0 Å². The molecule has 2 N–H and O–H groups in total. The largest absolute Gasteiger partial charge is 0.379 e. The van der Waals surface area contributed by atoms with Crippen LogP contribution in [0.1, 0.15) is 10.5 Å². The topological polar surface area (TPSA) is 66.5 Å². The predicted molar refractivity (Wildman–Crippen MR) is 98.6 cm³/mol. The third-order valence-electron chi connectivity index (χ3n) is 3.96. The van der Waals surface area contributed by atoms with Crippen LogP contribution in [0.4, 0.5) is 11.4 Å². The van der Waals surface area contributed by atoms with E-state index in [-0.39, 0.29) is 5.91 Å². The van der Waals surface area contributed by atoms with E-state index >= 15 is 0 Å². The second-order valence-electron chi connectivity index (χ2n) is 5.74. The van der Waals surface area contributed by atoms with Crippen molar-refractivity contribution in [3.63, 3.8) is 0 Å². The van der Waals surface area contributed by atoms with Crippen molar-refractivity contribution in [2.45, 2.75) is 0 Å². The lowest BCUT2D eigenvalue weighted by molar-refractivity contribution is 0.0383. The van der Waals surface area contributed by atoms with Crippen LogP contribution in [-0.4, -0.2) is 55.2 Å². The number of aromatic nitrogens is 1. The molecule has 1 fully saturated rings. The first-order valence-electron chi connectivity index (χ1n) is 8.28. The Hall–Kier alpha value is -2.15. The Kier molecular flexibility index (Phi) is 6.22. The summed E-state index contributed by atoms with van der Waals surface area (Å²) in [7, 11) is 0. The highest BCUT2D eigenvalue weighted by Crippen LogP contribution is 2.24. The summed E-state index contributed by atoms with van der Waals surface area (Å²) < 4.78 is 5.31. The SMILES string of the molecule is O=C(NCCN1CCOCC1)c1cc(Nc2ccccc2Cl)ccn1. The molecule has 0 saturated carbocycles. The Bertz CT molecular complexity index is 720. The van der Waals surface area contributed by atoms with E-state index in [1.807, 2.05) is 24.3 Å². The summed E-state index contributed by atoms with van der Waals surface area (Å²) in [5.74, 6) is -0.184. The van der Waals surface area contributed by atoms with Crippen molar-refractivity contribution in [2.75, 3.05) is 44.7 Å². The number of hydrogen-bond acceptors (Lipinski definition) is 5. The monoisotopic (exact) mass is 360 g/mol. The Morgan fingerprint density at radius 2 is 2.04 bits per heavy atom. The normalized spacial score (nSPS) is 14.9. The molecule has 1 aromatic heterocycles. The molecule has 1 aliphatic rings. The van der Waals surface area contributed by atoms with Crippen molar-refractivity contribution >= 4 is 28.9 Å². The van der Waals surface area contributed by atoms with E-state index in [0.29, 0.717) is 17.3 Å². The zero-order valence-corrected chi connectivity index (χ0v) is 14.6. The number of pyridine rings is 1. The first-order chi connectivity index (χ1) is 12.2. The standard InChI is InChI=1S/C18H21ClN4O2/c19-15-3-1-2-4-16(15)22-14-5-6-20-17(13-14)18(24)21-7-8-23-9-11-25-12-10-23/h1-6,13H,7-12H2,(H,20,22)(H,21,24). The molecule has 1 aliphatic heterocycles. The molecule has 0 spiro atoms. The number of ether oxygens (including phenoxy) is 1. The van der Waals surface area contributed by atoms with Gasteiger partial charge in [0.1, 0.15) is 5.69 Å². The summed E-state index contributed by atoms with van der Waals surface area (Å²) in [5, 5.41) is 6.73. The number of rotatable bonds is 6. The Balaban J connectivity index is 1.55. The molecule has 0 aliphatic carbocycles. The number of anilines is 2. The lowest BCUT2D eigenvalue weighted by atomic mass is 10.2. The van der Waals surface area contributed by atoms with Gasteiger partial charge in [-0.25, -0.2) is 0 Å². The fourth-order valence-corrected chi connectivity index (χ4v) is 2.78. The third-order valence-corrected chi connectivity index (χ3v) is 4.29. The van der Waals surface area contributed by atoms with E-state index < -0.39 is 0 Å². The highest BCUT2D eigenvalue weighted by Gasteiger charge is 2.12. The van der Waals surface area contributed by atoms with Gasteiger partial charge in [0, 0.05) is 38.1 Å². The minimum absolute atomic E-state index is 0.184. The maximum Gasteiger partial charge on any atom is 0.269 e. The molecule has 2 aromatic rings. The minimum Gasteiger partial charge on any atom is -0.379 e. The molecule has 6 nitrogen and oxygen atoms in total. The van der Waals surface area contributed by atoms with Crippen LogP contribution in [0.3, 0.4) is 0 Å². The Labute approximate surface area is 152 Å². The molecular formula is C18H21ClN4O2. The number of amides is 1. The summed E-state index contributed by atoms with van der Waals surface area (Å²) in [5.41, 5.74) is 1.93. The molecule has 1 amide bonds. The number of carbonyl (C=O) groups is 1. The quantitative estimate of drug-likeness (QED) is 0.828. The number of hydrogen-bond donors (Lipinski definition) is 2. The molecule has 7 heteroatoms. The lowest BCUT2D eigenvalue weighted by Gasteiger charge is -2.26. The van der Waals surface area contributed by atoms with Gasteiger partial charge in [-0.1, -0.05) is 23.7 Å². The highest BCUT2D eigenvalue weighted by atomic mass is 35.5. The number of nitrogens with zero attached hydrogens (tertiary/aromatic N) is 2. The fourth-order valence-electron chi connectivity index (χ4n) is 2.59. The van der Waals surface area contributed by atoms with Crippen LogP contribution in [-0.2, 0) is 4.74 Å². The average molecular weight is 361 g/mol. The fraction of sp³-hybridized carbons (Fsp3) is 0.333. The second-order valence-corrected chi connectivity index (χ2v) is 6.15. The molecule has 0 unspecified atom stereocenters. The van der Waals surface area contributed by atoms with Gasteiger partial charge in [-0.05, 0) is 24.3 Å². The van der Waals surface area contributed by atoms with E-state index in [9.17, 15) is 4.79 Å². The first kappa shape index (κ1) is 17.7. The second kappa shape index (κ2) is 8.80. The minimum atomic E-state index is -0.184. The molecule has 25 heavy (non-hydrogen) atoms. The zero-order chi connectivity index (χ0) is 17.5. The van der Waals surface area contributed by atoms with Crippen LogP contribution < -0.4 is 10.6 Å². The van der Waals surface area contributed by atoms with E-state index in [4.69, 9.17) is 16.3 Å². The van der Waals surface area contributed by atoms with Gasteiger partial charge < -0.3 is 15.4 Å². The van der Waals surface area contributed by atoms with Crippen LogP contribution in [0, 0.1) is 0 Å². The van der Waals surface area contributed by atoms with Gasteiger partial charge in [0.25, 0.3) is 5.91 Å². The summed E-state index contributed by atoms with van der Waals surface area (Å²) in [6.07, 6.45) is 1.61. The van der Waals surface area contributed by atoms with Crippen molar-refractivity contribution in [2.24, 2.45) is 0 Å². The average Bonchev–Trinajstić information content (AvgIpc) is 2.65. The van der Waals surface area contributed by atoms with Crippen molar-refractivity contribution in [1.29, 1.82) is 0 Å². The van der Waals surface area contributed by atoms with Gasteiger partial charge in [0.2, 0.25) is 0 Å². The maximum absolute atomic E-state index is 12.3. The molecule has 1 aromatic carbocycles. The van der Waals surface area contributed by atoms with Crippen molar-refractivity contribution in [1.82, 2.24) is 15.2 Å².